The van der Waals surface area contributed by atoms with Gasteiger partial charge in [-0.15, -0.1) is 0 Å². The summed E-state index contributed by atoms with van der Waals surface area (Å²) in [5.41, 5.74) is 8.94. The summed E-state index contributed by atoms with van der Waals surface area (Å²) in [6.45, 7) is 2.84. The van der Waals surface area contributed by atoms with Crippen molar-refractivity contribution in [1.82, 2.24) is 4.90 Å². The van der Waals surface area contributed by atoms with Crippen molar-refractivity contribution in [2.45, 2.75) is 25.0 Å². The van der Waals surface area contributed by atoms with Crippen molar-refractivity contribution in [2.75, 3.05) is 19.6 Å². The van der Waals surface area contributed by atoms with Gasteiger partial charge in [0.1, 0.15) is 17.9 Å². The van der Waals surface area contributed by atoms with Gasteiger partial charge in [0.25, 0.3) is 0 Å². The number of benzene rings is 2. The average molecular weight is 368 g/mol. The number of hydrogen-bond acceptors (Lipinski definition) is 4. The Labute approximate surface area is 159 Å². The molecule has 4 rings (SSSR count). The van der Waals surface area contributed by atoms with E-state index in [-0.39, 0.29) is 6.10 Å². The van der Waals surface area contributed by atoms with E-state index in [0.717, 1.165) is 32.5 Å². The van der Waals surface area contributed by atoms with Gasteiger partial charge in [-0.1, -0.05) is 35.9 Å². The molecule has 2 aromatic carbocycles. The van der Waals surface area contributed by atoms with Crippen LogP contribution in [0.1, 0.15) is 29.2 Å². The van der Waals surface area contributed by atoms with Gasteiger partial charge < -0.3 is 10.5 Å². The van der Waals surface area contributed by atoms with Gasteiger partial charge in [0, 0.05) is 12.6 Å². The number of fused-ring (bicyclic) bond motifs is 1. The number of likely N-dealkylation sites (tertiary alicyclic amines) is 1. The van der Waals surface area contributed by atoms with Crippen LogP contribution >= 0.6 is 11.6 Å². The van der Waals surface area contributed by atoms with Gasteiger partial charge in [-0.05, 0) is 55.1 Å². The molecule has 1 fully saturated rings. The van der Waals surface area contributed by atoms with Crippen molar-refractivity contribution in [3.63, 3.8) is 0 Å². The molecule has 2 aliphatic rings. The van der Waals surface area contributed by atoms with Crippen molar-refractivity contribution in [3.05, 3.63) is 64.2 Å². The lowest BCUT2D eigenvalue weighted by atomic mass is 10.1. The summed E-state index contributed by atoms with van der Waals surface area (Å²) in [4.78, 5) is 2.52. The fourth-order valence-electron chi connectivity index (χ4n) is 4.16. The molecular weight excluding hydrogens is 346 g/mol. The number of hydrogen-bond donors (Lipinski definition) is 1. The lowest BCUT2D eigenvalue weighted by Gasteiger charge is -2.30. The lowest BCUT2D eigenvalue weighted by Crippen LogP contribution is -2.39. The van der Waals surface area contributed by atoms with E-state index < -0.39 is 0 Å². The minimum Gasteiger partial charge on any atom is -0.484 e. The van der Waals surface area contributed by atoms with Crippen LogP contribution in [0, 0.1) is 17.2 Å². The summed E-state index contributed by atoms with van der Waals surface area (Å²) in [5, 5.41) is 9.49. The number of ether oxygens (including phenoxy) is 1. The van der Waals surface area contributed by atoms with Crippen LogP contribution in [0.25, 0.3) is 0 Å². The topological polar surface area (TPSA) is 62.3 Å². The lowest BCUT2D eigenvalue weighted by molar-refractivity contribution is 0.0917. The van der Waals surface area contributed by atoms with Crippen LogP contribution < -0.4 is 10.5 Å². The van der Waals surface area contributed by atoms with Crippen molar-refractivity contribution in [2.24, 2.45) is 11.7 Å². The molecule has 0 amide bonds. The molecule has 0 bridgehead atoms. The van der Waals surface area contributed by atoms with E-state index in [2.05, 4.69) is 35.2 Å². The Kier molecular flexibility index (Phi) is 4.86. The molecule has 0 aromatic heterocycles. The van der Waals surface area contributed by atoms with Gasteiger partial charge in [-0.3, -0.25) is 4.90 Å². The zero-order valence-corrected chi connectivity index (χ0v) is 15.3. The molecule has 134 valence electrons. The van der Waals surface area contributed by atoms with E-state index >= 15 is 0 Å². The maximum Gasteiger partial charge on any atom is 0.140 e. The van der Waals surface area contributed by atoms with Gasteiger partial charge in [0.05, 0.1) is 16.6 Å². The summed E-state index contributed by atoms with van der Waals surface area (Å²) < 4.78 is 6.41. The minimum absolute atomic E-state index is 0.0354. The molecule has 2 N–H and O–H groups in total. The second-order valence-electron chi connectivity index (χ2n) is 7.15. The highest BCUT2D eigenvalue weighted by atomic mass is 35.5. The van der Waals surface area contributed by atoms with E-state index in [1.165, 1.54) is 11.1 Å². The summed E-state index contributed by atoms with van der Waals surface area (Å²) in [7, 11) is 0. The molecule has 4 nitrogen and oxygen atoms in total. The molecule has 2 aromatic rings. The molecule has 1 heterocycles. The van der Waals surface area contributed by atoms with E-state index in [9.17, 15) is 0 Å². The summed E-state index contributed by atoms with van der Waals surface area (Å²) in [6, 6.07) is 16.2. The van der Waals surface area contributed by atoms with Crippen molar-refractivity contribution in [1.29, 1.82) is 5.26 Å². The number of nitrogens with two attached hydrogens (primary N) is 1. The van der Waals surface area contributed by atoms with Crippen molar-refractivity contribution in [3.8, 4) is 11.8 Å². The average Bonchev–Trinajstić information content (AvgIpc) is 3.27. The quantitative estimate of drug-likeness (QED) is 0.897. The first kappa shape index (κ1) is 17.4. The summed E-state index contributed by atoms with van der Waals surface area (Å²) in [5.74, 6) is 1.28. The van der Waals surface area contributed by atoms with Crippen LogP contribution in [0.5, 0.6) is 5.75 Å². The first-order valence-electron chi connectivity index (χ1n) is 9.08. The van der Waals surface area contributed by atoms with Crippen LogP contribution in [-0.2, 0) is 6.42 Å². The van der Waals surface area contributed by atoms with Crippen LogP contribution in [0.4, 0.5) is 0 Å². The van der Waals surface area contributed by atoms with Crippen molar-refractivity contribution >= 4 is 11.6 Å². The molecule has 0 spiro atoms. The zero-order chi connectivity index (χ0) is 18.1. The third-order valence-electron chi connectivity index (χ3n) is 5.58. The summed E-state index contributed by atoms with van der Waals surface area (Å²) in [6.07, 6.45) is 2.10. The monoisotopic (exact) mass is 367 g/mol. The number of halogens is 1. The van der Waals surface area contributed by atoms with Gasteiger partial charge in [-0.2, -0.15) is 5.26 Å². The molecule has 0 saturated carbocycles. The maximum atomic E-state index is 9.07. The molecule has 1 aliphatic heterocycles. The fourth-order valence-corrected chi connectivity index (χ4v) is 4.38. The predicted molar refractivity (Wildman–Crippen MR) is 102 cm³/mol. The third-order valence-corrected chi connectivity index (χ3v) is 5.90. The van der Waals surface area contributed by atoms with E-state index in [0.29, 0.717) is 28.3 Å². The SMILES string of the molecule is N#Cc1ccc(O[C@@H]2c3ccccc3C[C@H]2N2CC[C@H](CN)C2)cc1Cl. The van der Waals surface area contributed by atoms with Gasteiger partial charge in [0.2, 0.25) is 0 Å². The predicted octanol–water partition coefficient (Wildman–Crippen LogP) is 3.54. The molecule has 26 heavy (non-hydrogen) atoms. The zero-order valence-electron chi connectivity index (χ0n) is 14.6. The number of nitriles is 1. The Bertz CT molecular complexity index is 847. The van der Waals surface area contributed by atoms with E-state index in [4.69, 9.17) is 27.3 Å². The number of rotatable bonds is 4. The standard InChI is InChI=1S/C21H22ClN3O/c22-19-10-17(6-5-16(19)12-24)26-21-18-4-2-1-3-15(18)9-20(21)25-8-7-14(11-23)13-25/h1-6,10,14,20-21H,7-9,11,13,23H2/t14-,20-,21-/m1/s1. The van der Waals surface area contributed by atoms with Crippen LogP contribution in [-0.4, -0.2) is 30.6 Å². The highest BCUT2D eigenvalue weighted by Gasteiger charge is 2.40. The van der Waals surface area contributed by atoms with E-state index in [1.54, 1.807) is 12.1 Å². The Morgan fingerprint density at radius 1 is 1.27 bits per heavy atom. The molecule has 5 heteroatoms. The normalized spacial score (nSPS) is 25.0. The van der Waals surface area contributed by atoms with E-state index in [1.807, 2.05) is 6.07 Å². The highest BCUT2D eigenvalue weighted by Crippen LogP contribution is 2.40. The molecule has 0 radical (unpaired) electrons. The van der Waals surface area contributed by atoms with Crippen LogP contribution in [0.2, 0.25) is 5.02 Å². The Morgan fingerprint density at radius 3 is 2.85 bits per heavy atom. The Morgan fingerprint density at radius 2 is 2.12 bits per heavy atom. The molecule has 1 saturated heterocycles. The molecule has 0 unspecified atom stereocenters. The second kappa shape index (κ2) is 7.28. The second-order valence-corrected chi connectivity index (χ2v) is 7.55. The van der Waals surface area contributed by atoms with Crippen molar-refractivity contribution < 1.29 is 4.74 Å². The molecule has 1 aliphatic carbocycles. The van der Waals surface area contributed by atoms with Crippen LogP contribution in [0.3, 0.4) is 0 Å². The molecular formula is C21H22ClN3O. The number of nitrogens with zero attached hydrogens (tertiary/aromatic N) is 2. The van der Waals surface area contributed by atoms with Gasteiger partial charge in [0.15, 0.2) is 0 Å². The Balaban J connectivity index is 1.62. The highest BCUT2D eigenvalue weighted by molar-refractivity contribution is 6.31. The van der Waals surface area contributed by atoms with Gasteiger partial charge in [-0.25, -0.2) is 0 Å². The molecule has 3 atom stereocenters. The third kappa shape index (κ3) is 3.19. The maximum absolute atomic E-state index is 9.07. The largest absolute Gasteiger partial charge is 0.484 e. The van der Waals surface area contributed by atoms with Crippen LogP contribution in [0.15, 0.2) is 42.5 Å². The smallest absolute Gasteiger partial charge is 0.140 e. The summed E-state index contributed by atoms with van der Waals surface area (Å²) >= 11 is 6.19. The first-order chi connectivity index (χ1) is 12.7. The Hall–Kier alpha value is -2.06. The minimum atomic E-state index is -0.0354. The fraction of sp³-hybridized carbons (Fsp3) is 0.381. The van der Waals surface area contributed by atoms with Gasteiger partial charge >= 0.3 is 0 Å². The first-order valence-corrected chi connectivity index (χ1v) is 9.45.